The molecule has 1 aliphatic heterocycles. The highest BCUT2D eigenvalue weighted by molar-refractivity contribution is 8.06. The number of rotatable bonds is 9. The van der Waals surface area contributed by atoms with E-state index in [2.05, 4.69) is 30.4 Å². The van der Waals surface area contributed by atoms with E-state index in [1.165, 1.54) is 68.6 Å². The van der Waals surface area contributed by atoms with Gasteiger partial charge in [0.2, 0.25) is 0 Å². The minimum absolute atomic E-state index is 0.448. The van der Waals surface area contributed by atoms with Gasteiger partial charge in [-0.25, -0.2) is 0 Å². The fourth-order valence-electron chi connectivity index (χ4n) is 2.28. The Hall–Kier alpha value is 0.660. The van der Waals surface area contributed by atoms with Gasteiger partial charge >= 0.3 is 0 Å². The number of nitrogens with two attached hydrogens (primary N) is 1. The molecule has 2 unspecified atom stereocenters. The molecular formula is C14H29NS2. The van der Waals surface area contributed by atoms with Gasteiger partial charge in [0, 0.05) is 28.6 Å². The van der Waals surface area contributed by atoms with Gasteiger partial charge in [-0.3, -0.25) is 0 Å². The topological polar surface area (TPSA) is 26.0 Å². The molecule has 0 aromatic heterocycles. The smallest absolute Gasteiger partial charge is 0.0289 e. The van der Waals surface area contributed by atoms with E-state index in [-0.39, 0.29) is 0 Å². The first-order valence-corrected chi connectivity index (χ1v) is 9.50. The summed E-state index contributed by atoms with van der Waals surface area (Å²) in [5, 5.41) is 0.730. The van der Waals surface area contributed by atoms with Crippen LogP contribution in [0.2, 0.25) is 0 Å². The summed E-state index contributed by atoms with van der Waals surface area (Å²) in [6, 6.07) is 0.448. The molecule has 2 N–H and O–H groups in total. The van der Waals surface area contributed by atoms with Gasteiger partial charge < -0.3 is 5.73 Å². The number of hydrogen-bond acceptors (Lipinski definition) is 3. The first-order chi connectivity index (χ1) is 8.34. The van der Waals surface area contributed by atoms with Crippen LogP contribution in [-0.4, -0.2) is 28.6 Å². The third kappa shape index (κ3) is 7.63. The molecule has 1 heterocycles. The summed E-state index contributed by atoms with van der Waals surface area (Å²) in [6.07, 6.45) is 11.0. The molecule has 3 heteroatoms. The Morgan fingerprint density at radius 2 is 1.76 bits per heavy atom. The number of unbranched alkanes of at least 4 members (excludes halogenated alkanes) is 6. The average molecular weight is 276 g/mol. The molecule has 0 bridgehead atoms. The predicted molar refractivity (Wildman–Crippen MR) is 84.2 cm³/mol. The molecule has 1 nitrogen and oxygen atoms in total. The second-order valence-electron chi connectivity index (χ2n) is 5.06. The van der Waals surface area contributed by atoms with Crippen LogP contribution < -0.4 is 5.73 Å². The van der Waals surface area contributed by atoms with E-state index in [9.17, 15) is 0 Å². The monoisotopic (exact) mass is 275 g/mol. The van der Waals surface area contributed by atoms with Crippen molar-refractivity contribution in [2.45, 2.75) is 69.6 Å². The third-order valence-corrected chi connectivity index (χ3v) is 6.40. The molecule has 2 atom stereocenters. The second-order valence-corrected chi connectivity index (χ2v) is 7.55. The quantitative estimate of drug-likeness (QED) is 0.635. The molecule has 1 aliphatic rings. The van der Waals surface area contributed by atoms with Crippen molar-refractivity contribution in [1.29, 1.82) is 0 Å². The summed E-state index contributed by atoms with van der Waals surface area (Å²) in [4.78, 5) is 0. The van der Waals surface area contributed by atoms with Gasteiger partial charge in [-0.2, -0.15) is 23.5 Å². The van der Waals surface area contributed by atoms with E-state index in [1.54, 1.807) is 0 Å². The lowest BCUT2D eigenvalue weighted by atomic mass is 10.0. The van der Waals surface area contributed by atoms with Gasteiger partial charge in [0.25, 0.3) is 0 Å². The summed E-state index contributed by atoms with van der Waals surface area (Å²) in [5.41, 5.74) is 6.28. The molecule has 0 amide bonds. The Bertz CT molecular complexity index is 170. The summed E-state index contributed by atoms with van der Waals surface area (Å²) >= 11 is 4.18. The Morgan fingerprint density at radius 3 is 2.41 bits per heavy atom. The molecule has 17 heavy (non-hydrogen) atoms. The summed E-state index contributed by atoms with van der Waals surface area (Å²) in [6.45, 7) is 2.28. The minimum Gasteiger partial charge on any atom is -0.327 e. The lowest BCUT2D eigenvalue weighted by Gasteiger charge is -2.26. The summed E-state index contributed by atoms with van der Waals surface area (Å²) < 4.78 is 0. The van der Waals surface area contributed by atoms with Gasteiger partial charge in [0.05, 0.1) is 0 Å². The molecular weight excluding hydrogens is 246 g/mol. The highest BCUT2D eigenvalue weighted by atomic mass is 32.2. The zero-order valence-corrected chi connectivity index (χ0v) is 13.0. The molecule has 0 aromatic carbocycles. The van der Waals surface area contributed by atoms with Crippen LogP contribution in [0.5, 0.6) is 0 Å². The maximum absolute atomic E-state index is 6.28. The number of hydrogen-bond donors (Lipinski definition) is 1. The molecule has 0 aliphatic carbocycles. The standard InChI is InChI=1S/C14H29NS2/c1-2-3-4-5-6-7-8-9-13(15)14-12-16-10-11-17-14/h13-14H,2-12,15H2,1H3. The van der Waals surface area contributed by atoms with Crippen molar-refractivity contribution in [3.8, 4) is 0 Å². The van der Waals surface area contributed by atoms with E-state index in [0.717, 1.165) is 5.25 Å². The van der Waals surface area contributed by atoms with Gasteiger partial charge in [-0.1, -0.05) is 51.9 Å². The summed E-state index contributed by atoms with van der Waals surface area (Å²) in [5.74, 6) is 3.91. The maximum Gasteiger partial charge on any atom is 0.0289 e. The molecule has 1 rings (SSSR count). The number of thioether (sulfide) groups is 2. The normalized spacial score (nSPS) is 22.6. The molecule has 0 spiro atoms. The Balaban J connectivity index is 1.90. The Labute approximate surface area is 116 Å². The van der Waals surface area contributed by atoms with Crippen LogP contribution in [0.3, 0.4) is 0 Å². The molecule has 1 saturated heterocycles. The summed E-state index contributed by atoms with van der Waals surface area (Å²) in [7, 11) is 0. The van der Waals surface area contributed by atoms with Crippen LogP contribution in [0, 0.1) is 0 Å². The van der Waals surface area contributed by atoms with Crippen LogP contribution in [0.15, 0.2) is 0 Å². The fraction of sp³-hybridized carbons (Fsp3) is 1.00. The third-order valence-electron chi connectivity index (χ3n) is 3.46. The zero-order chi connectivity index (χ0) is 12.3. The highest BCUT2D eigenvalue weighted by Crippen LogP contribution is 2.27. The van der Waals surface area contributed by atoms with Crippen LogP contribution in [0.4, 0.5) is 0 Å². The van der Waals surface area contributed by atoms with Gasteiger partial charge in [0.1, 0.15) is 0 Å². The molecule has 1 fully saturated rings. The Kier molecular flexibility index (Phi) is 9.77. The van der Waals surface area contributed by atoms with Crippen molar-refractivity contribution in [3.05, 3.63) is 0 Å². The molecule has 0 radical (unpaired) electrons. The van der Waals surface area contributed by atoms with E-state index < -0.39 is 0 Å². The van der Waals surface area contributed by atoms with Crippen molar-refractivity contribution >= 4 is 23.5 Å². The average Bonchev–Trinajstić information content (AvgIpc) is 2.38. The van der Waals surface area contributed by atoms with Crippen LogP contribution >= 0.6 is 23.5 Å². The van der Waals surface area contributed by atoms with Crippen molar-refractivity contribution in [3.63, 3.8) is 0 Å². The van der Waals surface area contributed by atoms with Crippen molar-refractivity contribution < 1.29 is 0 Å². The van der Waals surface area contributed by atoms with Gasteiger partial charge in [-0.05, 0) is 6.42 Å². The lowest BCUT2D eigenvalue weighted by molar-refractivity contribution is 0.528. The zero-order valence-electron chi connectivity index (χ0n) is 11.3. The lowest BCUT2D eigenvalue weighted by Crippen LogP contribution is -2.36. The molecule has 102 valence electrons. The first-order valence-electron chi connectivity index (χ1n) is 7.29. The Morgan fingerprint density at radius 1 is 1.06 bits per heavy atom. The van der Waals surface area contributed by atoms with Gasteiger partial charge in [0.15, 0.2) is 0 Å². The molecule has 0 aromatic rings. The van der Waals surface area contributed by atoms with E-state index in [1.807, 2.05) is 0 Å². The largest absolute Gasteiger partial charge is 0.327 e. The fourth-order valence-corrected chi connectivity index (χ4v) is 5.14. The molecule has 0 saturated carbocycles. The van der Waals surface area contributed by atoms with Crippen molar-refractivity contribution in [2.75, 3.05) is 17.3 Å². The first kappa shape index (κ1) is 15.7. The predicted octanol–water partition coefficient (Wildman–Crippen LogP) is 4.30. The highest BCUT2D eigenvalue weighted by Gasteiger charge is 2.20. The minimum atomic E-state index is 0.448. The van der Waals surface area contributed by atoms with E-state index in [4.69, 9.17) is 5.73 Å². The SMILES string of the molecule is CCCCCCCCCC(N)C1CSCCS1. The van der Waals surface area contributed by atoms with Crippen LogP contribution in [-0.2, 0) is 0 Å². The van der Waals surface area contributed by atoms with Crippen LogP contribution in [0.25, 0.3) is 0 Å². The maximum atomic E-state index is 6.28. The van der Waals surface area contributed by atoms with E-state index in [0.29, 0.717) is 6.04 Å². The second kappa shape index (κ2) is 10.6. The van der Waals surface area contributed by atoms with E-state index >= 15 is 0 Å². The van der Waals surface area contributed by atoms with Crippen LogP contribution in [0.1, 0.15) is 58.3 Å². The van der Waals surface area contributed by atoms with Crippen molar-refractivity contribution in [2.24, 2.45) is 5.73 Å². The van der Waals surface area contributed by atoms with Crippen molar-refractivity contribution in [1.82, 2.24) is 0 Å². The van der Waals surface area contributed by atoms with Gasteiger partial charge in [-0.15, -0.1) is 0 Å².